The number of nitrogens with one attached hydrogen (secondary N) is 1. The van der Waals surface area contributed by atoms with Gasteiger partial charge < -0.3 is 11.1 Å². The molecule has 0 saturated carbocycles. The predicted octanol–water partition coefficient (Wildman–Crippen LogP) is 1.11. The van der Waals surface area contributed by atoms with E-state index in [1.165, 1.54) is 12.8 Å². The minimum absolute atomic E-state index is 0.323. The molecular formula is C8H20N2. The Morgan fingerprint density at radius 3 is 2.40 bits per heavy atom. The second-order valence-corrected chi connectivity index (χ2v) is 2.99. The maximum absolute atomic E-state index is 5.66. The average Bonchev–Trinajstić information content (AvgIpc) is 1.86. The molecule has 2 nitrogen and oxygen atoms in total. The second-order valence-electron chi connectivity index (χ2n) is 2.99. The van der Waals surface area contributed by atoms with Gasteiger partial charge in [0.2, 0.25) is 0 Å². The molecule has 0 radical (unpaired) electrons. The van der Waals surface area contributed by atoms with Crippen molar-refractivity contribution in [1.82, 2.24) is 5.32 Å². The Labute approximate surface area is 64.2 Å². The Morgan fingerprint density at radius 2 is 2.10 bits per heavy atom. The summed E-state index contributed by atoms with van der Waals surface area (Å²) < 4.78 is 0. The molecular weight excluding hydrogens is 124 g/mol. The maximum Gasteiger partial charge on any atom is 0.00785 e. The van der Waals surface area contributed by atoms with Gasteiger partial charge in [0.05, 0.1) is 0 Å². The van der Waals surface area contributed by atoms with Gasteiger partial charge in [-0.1, -0.05) is 13.3 Å². The van der Waals surface area contributed by atoms with Gasteiger partial charge in [-0.25, -0.2) is 0 Å². The Kier molecular flexibility index (Phi) is 5.64. The van der Waals surface area contributed by atoms with Crippen molar-refractivity contribution in [2.45, 2.75) is 45.2 Å². The fourth-order valence-electron chi connectivity index (χ4n) is 1.18. The van der Waals surface area contributed by atoms with Crippen molar-refractivity contribution in [2.24, 2.45) is 5.73 Å². The highest BCUT2D eigenvalue weighted by atomic mass is 14.9. The summed E-state index contributed by atoms with van der Waals surface area (Å²) in [6, 6.07) is 0.939. The van der Waals surface area contributed by atoms with Crippen molar-refractivity contribution in [3.8, 4) is 0 Å². The highest BCUT2D eigenvalue weighted by Gasteiger charge is 2.05. The van der Waals surface area contributed by atoms with Crippen LogP contribution < -0.4 is 11.1 Å². The molecule has 0 aliphatic rings. The van der Waals surface area contributed by atoms with E-state index in [1.807, 2.05) is 7.05 Å². The van der Waals surface area contributed by atoms with Gasteiger partial charge in [-0.05, 0) is 26.8 Å². The summed E-state index contributed by atoms with van der Waals surface area (Å²) in [4.78, 5) is 0. The lowest BCUT2D eigenvalue weighted by molar-refractivity contribution is 0.450. The quantitative estimate of drug-likeness (QED) is 0.606. The smallest absolute Gasteiger partial charge is 0.00785 e. The summed E-state index contributed by atoms with van der Waals surface area (Å²) in [5.41, 5.74) is 5.66. The van der Waals surface area contributed by atoms with Crippen LogP contribution in [-0.2, 0) is 0 Å². The molecule has 0 aliphatic heterocycles. The van der Waals surface area contributed by atoms with E-state index in [9.17, 15) is 0 Å². The van der Waals surface area contributed by atoms with E-state index in [0.29, 0.717) is 12.1 Å². The molecule has 2 unspecified atom stereocenters. The molecule has 2 atom stereocenters. The van der Waals surface area contributed by atoms with Crippen molar-refractivity contribution in [3.63, 3.8) is 0 Å². The van der Waals surface area contributed by atoms with Crippen LogP contribution in [0.15, 0.2) is 0 Å². The molecule has 0 heterocycles. The summed E-state index contributed by atoms with van der Waals surface area (Å²) in [7, 11) is 2.00. The molecule has 62 valence electrons. The molecule has 0 aromatic heterocycles. The highest BCUT2D eigenvalue weighted by molar-refractivity contribution is 4.68. The zero-order chi connectivity index (χ0) is 7.98. The minimum atomic E-state index is 0.323. The Balaban J connectivity index is 3.39. The first kappa shape index (κ1) is 9.92. The molecule has 0 aliphatic carbocycles. The zero-order valence-electron chi connectivity index (χ0n) is 7.35. The lowest BCUT2D eigenvalue weighted by atomic mass is 10.1. The van der Waals surface area contributed by atoms with Crippen molar-refractivity contribution >= 4 is 0 Å². The van der Waals surface area contributed by atoms with E-state index < -0.39 is 0 Å². The summed E-state index contributed by atoms with van der Waals surface area (Å²) in [6.07, 6.45) is 3.56. The van der Waals surface area contributed by atoms with Gasteiger partial charge in [-0.3, -0.25) is 0 Å². The number of rotatable bonds is 5. The number of hydrogen-bond acceptors (Lipinski definition) is 2. The third-order valence-corrected chi connectivity index (χ3v) is 1.70. The number of nitrogens with two attached hydrogens (primary N) is 1. The van der Waals surface area contributed by atoms with E-state index in [2.05, 4.69) is 19.2 Å². The van der Waals surface area contributed by atoms with Gasteiger partial charge in [-0.15, -0.1) is 0 Å². The van der Waals surface area contributed by atoms with Crippen LogP contribution in [0.25, 0.3) is 0 Å². The Bertz CT molecular complexity index is 71.7. The van der Waals surface area contributed by atoms with Crippen LogP contribution in [-0.4, -0.2) is 19.1 Å². The normalized spacial score (nSPS) is 16.8. The molecule has 0 aromatic carbocycles. The molecule has 3 N–H and O–H groups in total. The van der Waals surface area contributed by atoms with Crippen molar-refractivity contribution in [2.75, 3.05) is 7.05 Å². The van der Waals surface area contributed by atoms with Crippen LogP contribution in [0.4, 0.5) is 0 Å². The molecule has 0 rings (SSSR count). The monoisotopic (exact) mass is 144 g/mol. The largest absolute Gasteiger partial charge is 0.328 e. The van der Waals surface area contributed by atoms with Gasteiger partial charge in [-0.2, -0.15) is 0 Å². The van der Waals surface area contributed by atoms with Crippen LogP contribution in [0.1, 0.15) is 33.1 Å². The summed E-state index contributed by atoms with van der Waals surface area (Å²) in [5.74, 6) is 0. The third-order valence-electron chi connectivity index (χ3n) is 1.70. The summed E-state index contributed by atoms with van der Waals surface area (Å²) in [6.45, 7) is 4.26. The Morgan fingerprint density at radius 1 is 1.50 bits per heavy atom. The SMILES string of the molecule is CCCC(CC(C)N)NC. The van der Waals surface area contributed by atoms with Gasteiger partial charge in [0, 0.05) is 12.1 Å². The summed E-state index contributed by atoms with van der Waals surface area (Å²) >= 11 is 0. The lowest BCUT2D eigenvalue weighted by Gasteiger charge is -2.16. The second kappa shape index (κ2) is 5.69. The van der Waals surface area contributed by atoms with Gasteiger partial charge in [0.1, 0.15) is 0 Å². The van der Waals surface area contributed by atoms with Crippen LogP contribution in [0.5, 0.6) is 0 Å². The van der Waals surface area contributed by atoms with Crippen LogP contribution in [0.3, 0.4) is 0 Å². The molecule has 0 amide bonds. The first-order chi connectivity index (χ1) is 4.70. The molecule has 0 fully saturated rings. The third kappa shape index (κ3) is 4.77. The maximum atomic E-state index is 5.66. The fourth-order valence-corrected chi connectivity index (χ4v) is 1.18. The van der Waals surface area contributed by atoms with Gasteiger partial charge >= 0.3 is 0 Å². The van der Waals surface area contributed by atoms with Crippen LogP contribution >= 0.6 is 0 Å². The minimum Gasteiger partial charge on any atom is -0.328 e. The zero-order valence-corrected chi connectivity index (χ0v) is 7.35. The molecule has 0 bridgehead atoms. The fraction of sp³-hybridized carbons (Fsp3) is 1.00. The highest BCUT2D eigenvalue weighted by Crippen LogP contribution is 2.02. The van der Waals surface area contributed by atoms with Crippen molar-refractivity contribution in [1.29, 1.82) is 0 Å². The van der Waals surface area contributed by atoms with Crippen LogP contribution in [0.2, 0.25) is 0 Å². The summed E-state index contributed by atoms with van der Waals surface area (Å²) in [5, 5.41) is 3.25. The first-order valence-corrected chi connectivity index (χ1v) is 4.13. The molecule has 2 heteroatoms. The Hall–Kier alpha value is -0.0800. The van der Waals surface area contributed by atoms with E-state index in [1.54, 1.807) is 0 Å². The van der Waals surface area contributed by atoms with Gasteiger partial charge in [0.15, 0.2) is 0 Å². The van der Waals surface area contributed by atoms with E-state index in [0.717, 1.165) is 6.42 Å². The first-order valence-electron chi connectivity index (χ1n) is 4.13. The molecule has 10 heavy (non-hydrogen) atoms. The molecule has 0 aromatic rings. The van der Waals surface area contributed by atoms with E-state index >= 15 is 0 Å². The molecule has 0 saturated heterocycles. The standard InChI is InChI=1S/C8H20N2/c1-4-5-8(10-3)6-7(2)9/h7-8,10H,4-6,9H2,1-3H3. The average molecular weight is 144 g/mol. The van der Waals surface area contributed by atoms with Crippen molar-refractivity contribution < 1.29 is 0 Å². The van der Waals surface area contributed by atoms with Crippen molar-refractivity contribution in [3.05, 3.63) is 0 Å². The van der Waals surface area contributed by atoms with E-state index in [-0.39, 0.29) is 0 Å². The van der Waals surface area contributed by atoms with E-state index in [4.69, 9.17) is 5.73 Å². The lowest BCUT2D eigenvalue weighted by Crippen LogP contribution is -2.31. The topological polar surface area (TPSA) is 38.0 Å². The predicted molar refractivity (Wildman–Crippen MR) is 46.0 cm³/mol. The number of hydrogen-bond donors (Lipinski definition) is 2. The molecule has 0 spiro atoms. The van der Waals surface area contributed by atoms with Gasteiger partial charge in [0.25, 0.3) is 0 Å². The van der Waals surface area contributed by atoms with Crippen LogP contribution in [0, 0.1) is 0 Å².